The highest BCUT2D eigenvalue weighted by Crippen LogP contribution is 2.35. The summed E-state index contributed by atoms with van der Waals surface area (Å²) >= 11 is 0. The van der Waals surface area contributed by atoms with Gasteiger partial charge in [-0.05, 0) is 98.6 Å². The minimum absolute atomic E-state index is 0.0296. The number of pyridine rings is 1. The Balaban J connectivity index is 1.32. The molecule has 0 saturated carbocycles. The molecule has 192 valence electrons. The second-order valence-corrected chi connectivity index (χ2v) is 9.58. The third-order valence-corrected chi connectivity index (χ3v) is 7.34. The number of methoxy groups -OCH3 is 2. The van der Waals surface area contributed by atoms with Gasteiger partial charge in [0.25, 0.3) is 0 Å². The van der Waals surface area contributed by atoms with Crippen molar-refractivity contribution < 1.29 is 23.8 Å². The number of ether oxygens (including phenoxy) is 2. The molecule has 1 saturated heterocycles. The first-order valence-corrected chi connectivity index (χ1v) is 12.6. The Kier molecular flexibility index (Phi) is 8.75. The number of aromatic nitrogens is 1. The molecule has 7 heteroatoms. The maximum absolute atomic E-state index is 15.4. The molecule has 36 heavy (non-hydrogen) atoms. The van der Waals surface area contributed by atoms with E-state index < -0.39 is 18.1 Å². The minimum Gasteiger partial charge on any atom is -0.497 e. The van der Waals surface area contributed by atoms with Crippen LogP contribution in [-0.4, -0.2) is 54.8 Å². The number of fused-ring (bicyclic) bond motifs is 1. The van der Waals surface area contributed by atoms with Gasteiger partial charge in [-0.1, -0.05) is 12.1 Å². The first kappa shape index (κ1) is 25.9. The number of piperidine rings is 1. The van der Waals surface area contributed by atoms with Crippen molar-refractivity contribution in [1.29, 1.82) is 0 Å². The predicted molar refractivity (Wildman–Crippen MR) is 138 cm³/mol. The van der Waals surface area contributed by atoms with Crippen LogP contribution in [0.15, 0.2) is 54.7 Å². The smallest absolute Gasteiger partial charge is 0.308 e. The van der Waals surface area contributed by atoms with E-state index in [-0.39, 0.29) is 5.92 Å². The average molecular weight is 495 g/mol. The van der Waals surface area contributed by atoms with Crippen LogP contribution in [0.1, 0.15) is 43.0 Å². The molecule has 1 aliphatic rings. The number of carboxylic acid groups (broad SMARTS) is 1. The van der Waals surface area contributed by atoms with Crippen molar-refractivity contribution in [3.05, 3.63) is 65.9 Å². The van der Waals surface area contributed by atoms with Crippen molar-refractivity contribution >= 4 is 16.9 Å². The third-order valence-electron chi connectivity index (χ3n) is 7.34. The lowest BCUT2D eigenvalue weighted by Crippen LogP contribution is -2.44. The maximum atomic E-state index is 15.4. The fraction of sp³-hybridized carbons (Fsp3) is 0.448. The lowest BCUT2D eigenvalue weighted by atomic mass is 9.81. The summed E-state index contributed by atoms with van der Waals surface area (Å²) in [4.78, 5) is 18.7. The molecule has 3 atom stereocenters. The van der Waals surface area contributed by atoms with Gasteiger partial charge in [0.05, 0.1) is 25.7 Å². The zero-order valence-corrected chi connectivity index (χ0v) is 21.0. The highest BCUT2D eigenvalue weighted by atomic mass is 19.1. The summed E-state index contributed by atoms with van der Waals surface area (Å²) in [6.07, 6.45) is 3.93. The predicted octanol–water partition coefficient (Wildman–Crippen LogP) is 5.70. The largest absolute Gasteiger partial charge is 0.497 e. The SMILES string of the molecule is COc1cccc(CCCN2CC[C@@H](CC[C@H](F)c3ccnc4ccc(OC)cc34)[C@@H](C(=O)O)C2)c1. The summed E-state index contributed by atoms with van der Waals surface area (Å²) in [5, 5.41) is 10.7. The molecule has 2 aromatic carbocycles. The number of rotatable bonds is 11. The van der Waals surface area contributed by atoms with Crippen LogP contribution in [0.25, 0.3) is 10.9 Å². The van der Waals surface area contributed by atoms with Gasteiger partial charge in [-0.25, -0.2) is 4.39 Å². The Hall–Kier alpha value is -3.19. The molecule has 4 rings (SSSR count). The number of benzene rings is 2. The zero-order valence-electron chi connectivity index (χ0n) is 21.0. The number of hydrogen-bond acceptors (Lipinski definition) is 5. The second-order valence-electron chi connectivity index (χ2n) is 9.58. The molecule has 1 fully saturated rings. The summed E-state index contributed by atoms with van der Waals surface area (Å²) in [6.45, 7) is 2.22. The quantitative estimate of drug-likeness (QED) is 0.369. The Morgan fingerprint density at radius 2 is 1.97 bits per heavy atom. The summed E-state index contributed by atoms with van der Waals surface area (Å²) in [5.74, 6) is 0.222. The van der Waals surface area contributed by atoms with Crippen molar-refractivity contribution in [1.82, 2.24) is 9.88 Å². The highest BCUT2D eigenvalue weighted by Gasteiger charge is 2.34. The van der Waals surface area contributed by atoms with Gasteiger partial charge < -0.3 is 19.5 Å². The molecule has 2 heterocycles. The van der Waals surface area contributed by atoms with Crippen LogP contribution in [0.5, 0.6) is 11.5 Å². The van der Waals surface area contributed by atoms with Crippen LogP contribution in [0, 0.1) is 11.8 Å². The van der Waals surface area contributed by atoms with Crippen LogP contribution in [-0.2, 0) is 11.2 Å². The number of aryl methyl sites for hydroxylation is 1. The lowest BCUT2D eigenvalue weighted by molar-refractivity contribution is -0.146. The number of hydrogen-bond donors (Lipinski definition) is 1. The van der Waals surface area contributed by atoms with E-state index >= 15 is 4.39 Å². The first-order chi connectivity index (χ1) is 17.5. The molecule has 6 nitrogen and oxygen atoms in total. The van der Waals surface area contributed by atoms with Crippen LogP contribution >= 0.6 is 0 Å². The van der Waals surface area contributed by atoms with Crippen molar-refractivity contribution in [2.24, 2.45) is 11.8 Å². The van der Waals surface area contributed by atoms with Gasteiger partial charge in [0, 0.05) is 18.1 Å². The van der Waals surface area contributed by atoms with E-state index in [4.69, 9.17) is 9.47 Å². The second kappa shape index (κ2) is 12.2. The fourth-order valence-electron chi connectivity index (χ4n) is 5.29. The van der Waals surface area contributed by atoms with E-state index in [0.29, 0.717) is 30.7 Å². The fourth-order valence-corrected chi connectivity index (χ4v) is 5.29. The number of carbonyl (C=O) groups is 1. The normalized spacial score (nSPS) is 19.2. The van der Waals surface area contributed by atoms with Gasteiger partial charge in [0.1, 0.15) is 17.7 Å². The number of halogens is 1. The third kappa shape index (κ3) is 6.32. The van der Waals surface area contributed by atoms with Crippen LogP contribution < -0.4 is 9.47 Å². The molecule has 0 amide bonds. The number of alkyl halides is 1. The Morgan fingerprint density at radius 3 is 2.75 bits per heavy atom. The number of carboxylic acids is 1. The number of aliphatic carboxylic acids is 1. The van der Waals surface area contributed by atoms with E-state index in [1.54, 1.807) is 26.5 Å². The molecule has 1 N–H and O–H groups in total. The summed E-state index contributed by atoms with van der Waals surface area (Å²) < 4.78 is 26.0. The summed E-state index contributed by atoms with van der Waals surface area (Å²) in [5.41, 5.74) is 2.52. The van der Waals surface area contributed by atoms with E-state index in [9.17, 15) is 9.90 Å². The zero-order chi connectivity index (χ0) is 25.5. The van der Waals surface area contributed by atoms with Crippen LogP contribution in [0.2, 0.25) is 0 Å². The van der Waals surface area contributed by atoms with Gasteiger partial charge in [-0.3, -0.25) is 9.78 Å². The van der Waals surface area contributed by atoms with Gasteiger partial charge in [-0.2, -0.15) is 0 Å². The topological polar surface area (TPSA) is 71.9 Å². The molecular formula is C29H35FN2O4. The van der Waals surface area contributed by atoms with Crippen molar-refractivity contribution in [3.63, 3.8) is 0 Å². The van der Waals surface area contributed by atoms with Gasteiger partial charge in [0.15, 0.2) is 0 Å². The summed E-state index contributed by atoms with van der Waals surface area (Å²) in [7, 11) is 3.25. The number of nitrogens with zero attached hydrogens (tertiary/aromatic N) is 2. The molecule has 0 radical (unpaired) electrons. The number of likely N-dealkylation sites (tertiary alicyclic amines) is 1. The monoisotopic (exact) mass is 494 g/mol. The molecule has 0 spiro atoms. The van der Waals surface area contributed by atoms with E-state index in [0.717, 1.165) is 49.0 Å². The van der Waals surface area contributed by atoms with E-state index in [1.165, 1.54) is 5.56 Å². The van der Waals surface area contributed by atoms with Gasteiger partial charge >= 0.3 is 5.97 Å². The molecular weight excluding hydrogens is 459 g/mol. The van der Waals surface area contributed by atoms with Crippen molar-refractivity contribution in [3.8, 4) is 11.5 Å². The molecule has 0 bridgehead atoms. The minimum atomic E-state index is -1.18. The Labute approximate surface area is 212 Å². The molecule has 1 aliphatic heterocycles. The summed E-state index contributed by atoms with van der Waals surface area (Å²) in [6, 6.07) is 15.2. The van der Waals surface area contributed by atoms with Crippen LogP contribution in [0.4, 0.5) is 4.39 Å². The highest BCUT2D eigenvalue weighted by molar-refractivity contribution is 5.83. The first-order valence-electron chi connectivity index (χ1n) is 12.6. The molecule has 0 aliphatic carbocycles. The maximum Gasteiger partial charge on any atom is 0.308 e. The van der Waals surface area contributed by atoms with E-state index in [1.807, 2.05) is 36.4 Å². The van der Waals surface area contributed by atoms with Crippen molar-refractivity contribution in [2.75, 3.05) is 33.9 Å². The lowest BCUT2D eigenvalue weighted by Gasteiger charge is -2.37. The van der Waals surface area contributed by atoms with E-state index in [2.05, 4.69) is 16.0 Å². The molecule has 0 unspecified atom stereocenters. The average Bonchev–Trinajstić information content (AvgIpc) is 2.91. The Morgan fingerprint density at radius 1 is 1.17 bits per heavy atom. The molecule has 1 aromatic heterocycles. The van der Waals surface area contributed by atoms with Crippen LogP contribution in [0.3, 0.4) is 0 Å². The standard InChI is InChI=1S/C29H35FN2O4/c1-35-22-7-3-5-20(17-22)6-4-15-32-16-13-21(26(19-32)29(33)34)8-10-27(30)24-12-14-31-28-11-9-23(36-2)18-25(24)28/h3,5,7,9,11-12,14,17-18,21,26-27H,4,6,8,10,13,15-16,19H2,1-2H3,(H,33,34)/t21-,26+,27+/m1/s1. The van der Waals surface area contributed by atoms with Gasteiger partial charge in [-0.15, -0.1) is 0 Å². The molecule has 3 aromatic rings. The van der Waals surface area contributed by atoms with Crippen molar-refractivity contribution in [2.45, 2.75) is 38.3 Å². The Bertz CT molecular complexity index is 1170. The van der Waals surface area contributed by atoms with Gasteiger partial charge in [0.2, 0.25) is 0 Å².